The predicted molar refractivity (Wildman–Crippen MR) is 68.4 cm³/mol. The molecule has 0 saturated heterocycles. The summed E-state index contributed by atoms with van der Waals surface area (Å²) in [6.45, 7) is 0. The largest absolute Gasteiger partial charge is 0.365 e. The summed E-state index contributed by atoms with van der Waals surface area (Å²) < 4.78 is 0. The smallest absolute Gasteiger partial charge is 0.317 e. The molecule has 1 heterocycles. The van der Waals surface area contributed by atoms with Gasteiger partial charge in [-0.3, -0.25) is 25.0 Å². The summed E-state index contributed by atoms with van der Waals surface area (Å²) in [4.78, 5) is 33.2. The van der Waals surface area contributed by atoms with E-state index in [0.29, 0.717) is 0 Å². The Balaban J connectivity index is 2.61. The Hall–Kier alpha value is -1.57. The van der Waals surface area contributed by atoms with Crippen molar-refractivity contribution in [3.8, 4) is 0 Å². The molecule has 0 aliphatic carbocycles. The van der Waals surface area contributed by atoms with Crippen molar-refractivity contribution in [3.05, 3.63) is 36.8 Å². The maximum atomic E-state index is 11.9. The lowest BCUT2D eigenvalue weighted by molar-refractivity contribution is -0.510. The Bertz CT molecular complexity index is 619. The second-order valence-electron chi connectivity index (χ2n) is 3.56. The molecule has 0 fully saturated rings. The standard InChI is InChI=1S/C9H4Cl3N3O4/c10-2-1-3-4(6(12)5(2)11)8(16)14-7(15(18)19)9(17)13-3/h1,7H,(H,13,17)(H,14,16). The topological polar surface area (TPSA) is 101 Å². The number of nitrogens with zero attached hydrogens (tertiary/aromatic N) is 1. The first kappa shape index (κ1) is 13.9. The van der Waals surface area contributed by atoms with E-state index in [2.05, 4.69) is 5.32 Å². The van der Waals surface area contributed by atoms with Crippen LogP contribution in [-0.2, 0) is 4.79 Å². The molecule has 0 aromatic heterocycles. The lowest BCUT2D eigenvalue weighted by Gasteiger charge is -2.09. The zero-order chi connectivity index (χ0) is 14.3. The van der Waals surface area contributed by atoms with E-state index < -0.39 is 22.9 Å². The Morgan fingerprint density at radius 1 is 1.21 bits per heavy atom. The minimum Gasteiger partial charge on any atom is -0.317 e. The minimum atomic E-state index is -1.91. The van der Waals surface area contributed by atoms with E-state index in [9.17, 15) is 19.7 Å². The van der Waals surface area contributed by atoms with Gasteiger partial charge in [0.1, 0.15) is 0 Å². The molecule has 1 aromatic rings. The van der Waals surface area contributed by atoms with Gasteiger partial charge in [-0.2, -0.15) is 0 Å². The third-order valence-electron chi connectivity index (χ3n) is 2.37. The molecule has 1 aliphatic heterocycles. The maximum absolute atomic E-state index is 11.9. The molecule has 19 heavy (non-hydrogen) atoms. The van der Waals surface area contributed by atoms with Gasteiger partial charge in [-0.25, -0.2) is 0 Å². The molecule has 0 bridgehead atoms. The predicted octanol–water partition coefficient (Wildman–Crippen LogP) is 1.93. The fourth-order valence-electron chi connectivity index (χ4n) is 1.53. The lowest BCUT2D eigenvalue weighted by atomic mass is 10.1. The number of carbonyl (C=O) groups is 2. The molecule has 2 amide bonds. The highest BCUT2D eigenvalue weighted by molar-refractivity contribution is 6.50. The van der Waals surface area contributed by atoms with Crippen molar-refractivity contribution in [2.75, 3.05) is 5.32 Å². The van der Waals surface area contributed by atoms with Gasteiger partial charge < -0.3 is 5.32 Å². The second-order valence-corrected chi connectivity index (χ2v) is 4.72. The minimum absolute atomic E-state index is 0.0121. The Kier molecular flexibility index (Phi) is 3.53. The third-order valence-corrected chi connectivity index (χ3v) is 3.64. The normalized spacial score (nSPS) is 18.2. The van der Waals surface area contributed by atoms with Crippen LogP contribution in [-0.4, -0.2) is 22.9 Å². The number of halogens is 3. The number of carbonyl (C=O) groups excluding carboxylic acids is 2. The van der Waals surface area contributed by atoms with E-state index in [4.69, 9.17) is 34.8 Å². The van der Waals surface area contributed by atoms with E-state index in [1.54, 1.807) is 0 Å². The van der Waals surface area contributed by atoms with Gasteiger partial charge in [0.05, 0.1) is 31.2 Å². The fourth-order valence-corrected chi connectivity index (χ4v) is 2.22. The number of nitrogens with one attached hydrogen (secondary N) is 2. The van der Waals surface area contributed by atoms with Gasteiger partial charge in [0, 0.05) is 0 Å². The molecule has 10 heteroatoms. The SMILES string of the molecule is O=C1NC([N+](=O)[O-])C(=O)Nc2cc(Cl)c(Cl)c(Cl)c21. The molecule has 2 N–H and O–H groups in total. The Morgan fingerprint density at radius 3 is 2.42 bits per heavy atom. The molecule has 0 radical (unpaired) electrons. The van der Waals surface area contributed by atoms with Crippen LogP contribution in [0.5, 0.6) is 0 Å². The van der Waals surface area contributed by atoms with Crippen molar-refractivity contribution in [2.24, 2.45) is 0 Å². The van der Waals surface area contributed by atoms with Crippen molar-refractivity contribution in [3.63, 3.8) is 0 Å². The van der Waals surface area contributed by atoms with Gasteiger partial charge >= 0.3 is 12.1 Å². The number of fused-ring (bicyclic) bond motifs is 1. The van der Waals surface area contributed by atoms with Crippen LogP contribution in [0.15, 0.2) is 6.07 Å². The summed E-state index contributed by atoms with van der Waals surface area (Å²) in [5, 5.41) is 14.6. The average Bonchev–Trinajstić information content (AvgIpc) is 2.43. The first-order valence-electron chi connectivity index (χ1n) is 4.75. The van der Waals surface area contributed by atoms with Crippen LogP contribution in [0.4, 0.5) is 5.69 Å². The number of hydrogen-bond donors (Lipinski definition) is 2. The molecule has 100 valence electrons. The number of hydrogen-bond acceptors (Lipinski definition) is 4. The Morgan fingerprint density at radius 2 is 1.84 bits per heavy atom. The highest BCUT2D eigenvalue weighted by Gasteiger charge is 2.37. The summed E-state index contributed by atoms with van der Waals surface area (Å²) in [7, 11) is 0. The Labute approximate surface area is 121 Å². The summed E-state index contributed by atoms with van der Waals surface area (Å²) in [5.74, 6) is -1.90. The van der Waals surface area contributed by atoms with E-state index in [-0.39, 0.29) is 26.3 Å². The van der Waals surface area contributed by atoms with E-state index >= 15 is 0 Å². The van der Waals surface area contributed by atoms with E-state index in [1.807, 2.05) is 5.32 Å². The highest BCUT2D eigenvalue weighted by atomic mass is 35.5. The van der Waals surface area contributed by atoms with Gasteiger partial charge in [0.15, 0.2) is 0 Å². The molecule has 1 aliphatic rings. The van der Waals surface area contributed by atoms with E-state index in [1.165, 1.54) is 6.07 Å². The molecule has 2 rings (SSSR count). The van der Waals surface area contributed by atoms with Crippen LogP contribution in [0.25, 0.3) is 0 Å². The average molecular weight is 325 g/mol. The van der Waals surface area contributed by atoms with Crippen molar-refractivity contribution in [2.45, 2.75) is 6.17 Å². The summed E-state index contributed by atoms with van der Waals surface area (Å²) >= 11 is 17.4. The molecule has 1 unspecified atom stereocenters. The highest BCUT2D eigenvalue weighted by Crippen LogP contribution is 2.38. The van der Waals surface area contributed by atoms with Crippen molar-refractivity contribution in [1.82, 2.24) is 5.32 Å². The van der Waals surface area contributed by atoms with Crippen LogP contribution >= 0.6 is 34.8 Å². The van der Waals surface area contributed by atoms with Crippen molar-refractivity contribution < 1.29 is 14.5 Å². The zero-order valence-electron chi connectivity index (χ0n) is 8.87. The number of rotatable bonds is 1. The van der Waals surface area contributed by atoms with Crippen LogP contribution in [0.2, 0.25) is 15.1 Å². The molecule has 1 atom stereocenters. The van der Waals surface area contributed by atoms with Gasteiger partial charge in [-0.05, 0) is 6.07 Å². The lowest BCUT2D eigenvalue weighted by Crippen LogP contribution is -2.46. The van der Waals surface area contributed by atoms with Crippen LogP contribution in [0.1, 0.15) is 10.4 Å². The number of amides is 2. The van der Waals surface area contributed by atoms with Gasteiger partial charge in [0.2, 0.25) is 0 Å². The van der Waals surface area contributed by atoms with Gasteiger partial charge in [-0.15, -0.1) is 0 Å². The molecule has 0 spiro atoms. The monoisotopic (exact) mass is 323 g/mol. The molecule has 7 nitrogen and oxygen atoms in total. The molecule has 0 saturated carbocycles. The van der Waals surface area contributed by atoms with Crippen molar-refractivity contribution >= 4 is 52.3 Å². The zero-order valence-corrected chi connectivity index (χ0v) is 11.1. The molecular formula is C9H4Cl3N3O4. The van der Waals surface area contributed by atoms with Crippen LogP contribution < -0.4 is 10.6 Å². The first-order valence-corrected chi connectivity index (χ1v) is 5.89. The number of anilines is 1. The quantitative estimate of drug-likeness (QED) is 0.468. The first-order chi connectivity index (χ1) is 8.82. The van der Waals surface area contributed by atoms with Crippen LogP contribution in [0, 0.1) is 10.1 Å². The summed E-state index contributed by atoms with van der Waals surface area (Å²) in [6.07, 6.45) is -1.91. The second kappa shape index (κ2) is 4.84. The summed E-state index contributed by atoms with van der Waals surface area (Å²) in [6, 6.07) is 1.20. The fraction of sp³-hybridized carbons (Fsp3) is 0.111. The number of benzene rings is 1. The van der Waals surface area contributed by atoms with Gasteiger partial charge in [0.25, 0.3) is 5.91 Å². The molecule has 1 aromatic carbocycles. The third kappa shape index (κ3) is 2.32. The summed E-state index contributed by atoms with van der Waals surface area (Å²) in [5.41, 5.74) is -0.208. The molecular weight excluding hydrogens is 320 g/mol. The maximum Gasteiger partial charge on any atom is 0.365 e. The van der Waals surface area contributed by atoms with Crippen molar-refractivity contribution in [1.29, 1.82) is 0 Å². The van der Waals surface area contributed by atoms with E-state index in [0.717, 1.165) is 0 Å². The van der Waals surface area contributed by atoms with Gasteiger partial charge in [-0.1, -0.05) is 34.8 Å². The number of nitro groups is 1. The van der Waals surface area contributed by atoms with Crippen LogP contribution in [0.3, 0.4) is 0 Å².